The van der Waals surface area contributed by atoms with Gasteiger partial charge < -0.3 is 10.5 Å². The number of benzene rings is 1. The third-order valence-corrected chi connectivity index (χ3v) is 3.21. The number of hydrogen-bond acceptors (Lipinski definition) is 4. The van der Waals surface area contributed by atoms with Crippen molar-refractivity contribution in [2.24, 2.45) is 5.73 Å². The predicted molar refractivity (Wildman–Crippen MR) is 78.7 cm³/mol. The second-order valence-electron chi connectivity index (χ2n) is 4.92. The van der Waals surface area contributed by atoms with E-state index >= 15 is 0 Å². The molecule has 0 aliphatic carbocycles. The van der Waals surface area contributed by atoms with Crippen LogP contribution in [-0.4, -0.2) is 27.9 Å². The van der Waals surface area contributed by atoms with Crippen LogP contribution in [0.2, 0.25) is 0 Å². The van der Waals surface area contributed by atoms with Crippen molar-refractivity contribution in [3.8, 4) is 5.75 Å². The van der Waals surface area contributed by atoms with Gasteiger partial charge in [-0.05, 0) is 30.5 Å². The standard InChI is InChI=1S/C15H22N4O/c1-3-7-19-15(17-11-18-19)10-13(16)8-12-5-4-6-14(9-12)20-2/h4-6,9,11,13H,3,7-8,10,16H2,1-2H3. The summed E-state index contributed by atoms with van der Waals surface area (Å²) >= 11 is 0. The van der Waals surface area contributed by atoms with Gasteiger partial charge in [-0.2, -0.15) is 5.10 Å². The second kappa shape index (κ2) is 7.05. The lowest BCUT2D eigenvalue weighted by atomic mass is 10.0. The third-order valence-electron chi connectivity index (χ3n) is 3.21. The van der Waals surface area contributed by atoms with Crippen LogP contribution < -0.4 is 10.5 Å². The second-order valence-corrected chi connectivity index (χ2v) is 4.92. The number of ether oxygens (including phenoxy) is 1. The van der Waals surface area contributed by atoms with Gasteiger partial charge >= 0.3 is 0 Å². The zero-order valence-corrected chi connectivity index (χ0v) is 12.1. The van der Waals surface area contributed by atoms with Crippen molar-refractivity contribution in [3.63, 3.8) is 0 Å². The first kappa shape index (κ1) is 14.5. The fourth-order valence-corrected chi connectivity index (χ4v) is 2.25. The first-order valence-corrected chi connectivity index (χ1v) is 6.98. The van der Waals surface area contributed by atoms with Gasteiger partial charge in [0.05, 0.1) is 7.11 Å². The minimum atomic E-state index is 0.0295. The van der Waals surface area contributed by atoms with E-state index in [1.807, 2.05) is 22.9 Å². The SMILES string of the molecule is CCCn1ncnc1CC(N)Cc1cccc(OC)c1. The van der Waals surface area contributed by atoms with Gasteiger partial charge in [-0.1, -0.05) is 19.1 Å². The van der Waals surface area contributed by atoms with Crippen molar-refractivity contribution in [2.75, 3.05) is 7.11 Å². The van der Waals surface area contributed by atoms with Crippen LogP contribution in [0.25, 0.3) is 0 Å². The average Bonchev–Trinajstić information content (AvgIpc) is 2.86. The predicted octanol–water partition coefficient (Wildman–Crippen LogP) is 1.81. The molecular weight excluding hydrogens is 252 g/mol. The molecule has 0 radical (unpaired) electrons. The lowest BCUT2D eigenvalue weighted by molar-refractivity contribution is 0.414. The van der Waals surface area contributed by atoms with Crippen LogP contribution in [0.3, 0.4) is 0 Å². The lowest BCUT2D eigenvalue weighted by Crippen LogP contribution is -2.27. The topological polar surface area (TPSA) is 66.0 Å². The monoisotopic (exact) mass is 274 g/mol. The molecule has 5 heteroatoms. The van der Waals surface area contributed by atoms with Gasteiger partial charge in [0.2, 0.25) is 0 Å². The molecule has 1 aromatic carbocycles. The van der Waals surface area contributed by atoms with Crippen LogP contribution in [0.5, 0.6) is 5.75 Å². The first-order valence-electron chi connectivity index (χ1n) is 6.98. The van der Waals surface area contributed by atoms with E-state index in [1.54, 1.807) is 13.4 Å². The highest BCUT2D eigenvalue weighted by Crippen LogP contribution is 2.14. The molecule has 1 aromatic heterocycles. The van der Waals surface area contributed by atoms with E-state index in [9.17, 15) is 0 Å². The van der Waals surface area contributed by atoms with Gasteiger partial charge in [0.15, 0.2) is 0 Å². The Balaban J connectivity index is 1.97. The van der Waals surface area contributed by atoms with Crippen molar-refractivity contribution >= 4 is 0 Å². The van der Waals surface area contributed by atoms with Gasteiger partial charge in [-0.3, -0.25) is 4.68 Å². The fourth-order valence-electron chi connectivity index (χ4n) is 2.25. The number of aromatic nitrogens is 3. The zero-order valence-electron chi connectivity index (χ0n) is 12.1. The number of methoxy groups -OCH3 is 1. The molecular formula is C15H22N4O. The Labute approximate surface area is 119 Å². The zero-order chi connectivity index (χ0) is 14.4. The van der Waals surface area contributed by atoms with E-state index in [0.29, 0.717) is 0 Å². The van der Waals surface area contributed by atoms with Crippen LogP contribution in [0.4, 0.5) is 0 Å². The highest BCUT2D eigenvalue weighted by atomic mass is 16.5. The number of nitrogens with two attached hydrogens (primary N) is 1. The Hall–Kier alpha value is -1.88. The highest BCUT2D eigenvalue weighted by Gasteiger charge is 2.11. The molecule has 1 unspecified atom stereocenters. The number of rotatable bonds is 7. The van der Waals surface area contributed by atoms with Crippen LogP contribution in [0, 0.1) is 0 Å². The van der Waals surface area contributed by atoms with Gasteiger partial charge in [0.25, 0.3) is 0 Å². The smallest absolute Gasteiger partial charge is 0.138 e. The molecule has 20 heavy (non-hydrogen) atoms. The average molecular weight is 274 g/mol. The molecule has 2 aromatic rings. The summed E-state index contributed by atoms with van der Waals surface area (Å²) < 4.78 is 7.16. The molecule has 0 amide bonds. The maximum Gasteiger partial charge on any atom is 0.138 e. The summed E-state index contributed by atoms with van der Waals surface area (Å²) in [5.41, 5.74) is 7.41. The Kier molecular flexibility index (Phi) is 5.12. The van der Waals surface area contributed by atoms with Gasteiger partial charge in [0, 0.05) is 19.0 Å². The fraction of sp³-hybridized carbons (Fsp3) is 0.467. The van der Waals surface area contributed by atoms with Crippen molar-refractivity contribution in [2.45, 2.75) is 38.8 Å². The molecule has 1 heterocycles. The van der Waals surface area contributed by atoms with E-state index in [0.717, 1.165) is 37.4 Å². The van der Waals surface area contributed by atoms with E-state index in [1.165, 1.54) is 5.56 Å². The van der Waals surface area contributed by atoms with Crippen LogP contribution >= 0.6 is 0 Å². The van der Waals surface area contributed by atoms with Gasteiger partial charge in [0.1, 0.15) is 17.9 Å². The molecule has 0 aliphatic rings. The first-order chi connectivity index (χ1) is 9.72. The van der Waals surface area contributed by atoms with E-state index in [-0.39, 0.29) is 6.04 Å². The van der Waals surface area contributed by atoms with E-state index in [4.69, 9.17) is 10.5 Å². The molecule has 0 bridgehead atoms. The summed E-state index contributed by atoms with van der Waals surface area (Å²) in [6.07, 6.45) is 4.18. The largest absolute Gasteiger partial charge is 0.497 e. The lowest BCUT2D eigenvalue weighted by Gasteiger charge is -2.12. The Morgan fingerprint density at radius 2 is 2.20 bits per heavy atom. The molecule has 0 fully saturated rings. The van der Waals surface area contributed by atoms with Gasteiger partial charge in [-0.25, -0.2) is 4.98 Å². The number of hydrogen-bond donors (Lipinski definition) is 1. The summed E-state index contributed by atoms with van der Waals surface area (Å²) in [6.45, 7) is 3.02. The minimum absolute atomic E-state index is 0.0295. The van der Waals surface area contributed by atoms with E-state index < -0.39 is 0 Å². The molecule has 0 aliphatic heterocycles. The van der Waals surface area contributed by atoms with Crippen LogP contribution in [-0.2, 0) is 19.4 Å². The summed E-state index contributed by atoms with van der Waals surface area (Å²) in [6, 6.07) is 8.05. The number of nitrogens with zero attached hydrogens (tertiary/aromatic N) is 3. The minimum Gasteiger partial charge on any atom is -0.497 e. The molecule has 0 saturated carbocycles. The van der Waals surface area contributed by atoms with Crippen LogP contribution in [0.1, 0.15) is 24.7 Å². The molecule has 0 saturated heterocycles. The Bertz CT molecular complexity index is 538. The molecule has 108 valence electrons. The third kappa shape index (κ3) is 3.81. The summed E-state index contributed by atoms with van der Waals surface area (Å²) in [5, 5.41) is 4.22. The van der Waals surface area contributed by atoms with E-state index in [2.05, 4.69) is 23.1 Å². The maximum absolute atomic E-state index is 6.23. The van der Waals surface area contributed by atoms with Gasteiger partial charge in [-0.15, -0.1) is 0 Å². The Morgan fingerprint density at radius 3 is 2.95 bits per heavy atom. The van der Waals surface area contributed by atoms with Crippen molar-refractivity contribution < 1.29 is 4.74 Å². The molecule has 0 spiro atoms. The quantitative estimate of drug-likeness (QED) is 0.836. The highest BCUT2D eigenvalue weighted by molar-refractivity contribution is 5.29. The maximum atomic E-state index is 6.23. The normalized spacial score (nSPS) is 12.3. The number of aryl methyl sites for hydroxylation is 1. The van der Waals surface area contributed by atoms with Crippen molar-refractivity contribution in [3.05, 3.63) is 42.0 Å². The Morgan fingerprint density at radius 1 is 1.35 bits per heavy atom. The van der Waals surface area contributed by atoms with Crippen LogP contribution in [0.15, 0.2) is 30.6 Å². The summed E-state index contributed by atoms with van der Waals surface area (Å²) in [7, 11) is 1.67. The molecule has 2 N–H and O–H groups in total. The molecule has 1 atom stereocenters. The van der Waals surface area contributed by atoms with Crippen molar-refractivity contribution in [1.29, 1.82) is 0 Å². The molecule has 2 rings (SSSR count). The molecule has 5 nitrogen and oxygen atoms in total. The van der Waals surface area contributed by atoms with Crippen molar-refractivity contribution in [1.82, 2.24) is 14.8 Å². The summed E-state index contributed by atoms with van der Waals surface area (Å²) in [5.74, 6) is 1.83. The summed E-state index contributed by atoms with van der Waals surface area (Å²) in [4.78, 5) is 4.30.